The third kappa shape index (κ3) is 2.29. The molecule has 0 aliphatic rings. The molecule has 0 heterocycles. The van der Waals surface area contributed by atoms with E-state index in [1.165, 1.54) is 0 Å². The summed E-state index contributed by atoms with van der Waals surface area (Å²) in [4.78, 5) is 0. The molecule has 1 heteroatoms. The number of benzene rings is 1. The van der Waals surface area contributed by atoms with Gasteiger partial charge in [-0.2, -0.15) is 0 Å². The molecule has 0 atom stereocenters. The van der Waals surface area contributed by atoms with E-state index in [2.05, 4.69) is 18.8 Å². The van der Waals surface area contributed by atoms with E-state index in [1.807, 2.05) is 0 Å². The van der Waals surface area contributed by atoms with E-state index in [1.54, 1.807) is 18.2 Å². The molecule has 1 radical (unpaired) electrons. The summed E-state index contributed by atoms with van der Waals surface area (Å²) in [5, 5.41) is 0. The van der Waals surface area contributed by atoms with Crippen LogP contribution in [0.5, 0.6) is 5.75 Å². The minimum absolute atomic E-state index is 0.248. The zero-order valence-corrected chi connectivity index (χ0v) is 7.21. The van der Waals surface area contributed by atoms with Crippen LogP contribution in [0.1, 0.15) is 11.1 Å². The number of terminal acetylenes is 2. The van der Waals surface area contributed by atoms with Crippen LogP contribution >= 0.6 is 0 Å². The summed E-state index contributed by atoms with van der Waals surface area (Å²) in [6, 6.07) is 5.35. The second-order valence-electron chi connectivity index (χ2n) is 2.46. The first-order valence-electron chi connectivity index (χ1n) is 3.77. The van der Waals surface area contributed by atoms with E-state index in [0.29, 0.717) is 5.75 Å². The second-order valence-corrected chi connectivity index (χ2v) is 2.46. The lowest BCUT2D eigenvalue weighted by Gasteiger charge is -2.05. The van der Waals surface area contributed by atoms with Crippen LogP contribution in [0.3, 0.4) is 0 Å². The third-order valence-electron chi connectivity index (χ3n) is 1.54. The third-order valence-corrected chi connectivity index (χ3v) is 1.54. The Morgan fingerprint density at radius 1 is 1.38 bits per heavy atom. The van der Waals surface area contributed by atoms with E-state index in [9.17, 15) is 0 Å². The van der Waals surface area contributed by atoms with E-state index in [-0.39, 0.29) is 6.61 Å². The Morgan fingerprint density at radius 2 is 2.15 bits per heavy atom. The first kappa shape index (κ1) is 9.23. The minimum atomic E-state index is 0.248. The van der Waals surface area contributed by atoms with Crippen molar-refractivity contribution in [2.75, 3.05) is 6.61 Å². The predicted molar refractivity (Wildman–Crippen MR) is 53.2 cm³/mol. The summed E-state index contributed by atoms with van der Waals surface area (Å²) in [6.45, 7) is 4.04. The zero-order valence-electron chi connectivity index (χ0n) is 7.21. The number of rotatable bonds is 2. The lowest BCUT2D eigenvalue weighted by atomic mass is 10.1. The molecule has 0 aromatic heterocycles. The lowest BCUT2D eigenvalue weighted by molar-refractivity contribution is 0.369. The summed E-state index contributed by atoms with van der Waals surface area (Å²) >= 11 is 0. The van der Waals surface area contributed by atoms with Gasteiger partial charge in [0.1, 0.15) is 12.4 Å². The van der Waals surface area contributed by atoms with Crippen molar-refractivity contribution in [1.29, 1.82) is 0 Å². The highest BCUT2D eigenvalue weighted by Gasteiger charge is 1.98. The van der Waals surface area contributed by atoms with E-state index >= 15 is 0 Å². The molecule has 0 fully saturated rings. The van der Waals surface area contributed by atoms with Crippen molar-refractivity contribution in [1.82, 2.24) is 0 Å². The Hall–Kier alpha value is -1.86. The molecule has 0 saturated heterocycles. The maximum atomic E-state index is 5.22. The lowest BCUT2D eigenvalue weighted by Crippen LogP contribution is -1.95. The minimum Gasteiger partial charge on any atom is -0.481 e. The number of ether oxygens (including phenoxy) is 1. The summed E-state index contributed by atoms with van der Waals surface area (Å²) in [5.74, 6) is 5.57. The molecule has 1 rings (SSSR count). The van der Waals surface area contributed by atoms with E-state index < -0.39 is 0 Å². The zero-order chi connectivity index (χ0) is 9.68. The van der Waals surface area contributed by atoms with Gasteiger partial charge in [-0.25, -0.2) is 0 Å². The normalized spacial score (nSPS) is 8.54. The Balaban J connectivity index is 2.88. The van der Waals surface area contributed by atoms with Gasteiger partial charge in [0.05, 0.1) is 0 Å². The SMILES string of the molecule is C#CCOc1ccc(C#C)cc1[CH2]. The van der Waals surface area contributed by atoms with Crippen molar-refractivity contribution >= 4 is 0 Å². The van der Waals surface area contributed by atoms with Gasteiger partial charge in [0.15, 0.2) is 0 Å². The van der Waals surface area contributed by atoms with Crippen molar-refractivity contribution in [2.45, 2.75) is 0 Å². The first-order chi connectivity index (χ1) is 6.27. The average Bonchev–Trinajstić information content (AvgIpc) is 2.16. The number of hydrogen-bond acceptors (Lipinski definition) is 1. The van der Waals surface area contributed by atoms with Gasteiger partial charge in [0.25, 0.3) is 0 Å². The van der Waals surface area contributed by atoms with Crippen LogP contribution in [0.25, 0.3) is 0 Å². The Kier molecular flexibility index (Phi) is 3.01. The molecular weight excluding hydrogens is 160 g/mol. The second kappa shape index (κ2) is 4.24. The van der Waals surface area contributed by atoms with Gasteiger partial charge in [0.2, 0.25) is 0 Å². The van der Waals surface area contributed by atoms with Crippen LogP contribution in [-0.4, -0.2) is 6.61 Å². The maximum Gasteiger partial charge on any atom is 0.148 e. The van der Waals surface area contributed by atoms with Gasteiger partial charge in [-0.15, -0.1) is 12.8 Å². The fourth-order valence-corrected chi connectivity index (χ4v) is 0.929. The molecule has 1 aromatic rings. The number of hydrogen-bond donors (Lipinski definition) is 0. The quantitative estimate of drug-likeness (QED) is 0.614. The maximum absolute atomic E-state index is 5.22. The van der Waals surface area contributed by atoms with Crippen molar-refractivity contribution in [2.24, 2.45) is 0 Å². The molecule has 1 aromatic carbocycles. The molecule has 0 aliphatic carbocycles. The summed E-state index contributed by atoms with van der Waals surface area (Å²) in [7, 11) is 0. The van der Waals surface area contributed by atoms with Crippen LogP contribution in [-0.2, 0) is 0 Å². The molecule has 0 amide bonds. The molecular formula is C12H9O. The molecule has 0 aliphatic heterocycles. The van der Waals surface area contributed by atoms with Gasteiger partial charge >= 0.3 is 0 Å². The van der Waals surface area contributed by atoms with E-state index in [0.717, 1.165) is 11.1 Å². The molecule has 0 spiro atoms. The Morgan fingerprint density at radius 3 is 2.69 bits per heavy atom. The Bertz CT molecular complexity index is 377. The van der Waals surface area contributed by atoms with E-state index in [4.69, 9.17) is 17.6 Å². The molecule has 0 unspecified atom stereocenters. The van der Waals surface area contributed by atoms with Gasteiger partial charge in [0, 0.05) is 5.56 Å². The van der Waals surface area contributed by atoms with Crippen molar-refractivity contribution in [3.8, 4) is 30.4 Å². The van der Waals surface area contributed by atoms with Crippen LogP contribution in [0.2, 0.25) is 0 Å². The molecule has 0 N–H and O–H groups in total. The summed E-state index contributed by atoms with van der Waals surface area (Å²) < 4.78 is 5.22. The van der Waals surface area contributed by atoms with Crippen molar-refractivity contribution in [3.63, 3.8) is 0 Å². The molecule has 13 heavy (non-hydrogen) atoms. The van der Waals surface area contributed by atoms with Gasteiger partial charge in [-0.05, 0) is 30.7 Å². The highest BCUT2D eigenvalue weighted by atomic mass is 16.5. The fourth-order valence-electron chi connectivity index (χ4n) is 0.929. The van der Waals surface area contributed by atoms with Crippen molar-refractivity contribution < 1.29 is 4.74 Å². The topological polar surface area (TPSA) is 9.23 Å². The van der Waals surface area contributed by atoms with Crippen LogP contribution in [0.15, 0.2) is 18.2 Å². The molecule has 63 valence electrons. The largest absolute Gasteiger partial charge is 0.481 e. The van der Waals surface area contributed by atoms with Gasteiger partial charge in [-0.1, -0.05) is 11.8 Å². The summed E-state index contributed by atoms with van der Waals surface area (Å²) in [6.07, 6.45) is 10.3. The van der Waals surface area contributed by atoms with Crippen LogP contribution in [0.4, 0.5) is 0 Å². The highest BCUT2D eigenvalue weighted by Crippen LogP contribution is 2.18. The highest BCUT2D eigenvalue weighted by molar-refractivity contribution is 5.44. The molecule has 0 saturated carbocycles. The van der Waals surface area contributed by atoms with Crippen LogP contribution in [0, 0.1) is 31.6 Å². The fraction of sp³-hybridized carbons (Fsp3) is 0.0833. The predicted octanol–water partition coefficient (Wildman–Crippen LogP) is 1.86. The first-order valence-corrected chi connectivity index (χ1v) is 3.77. The van der Waals surface area contributed by atoms with Gasteiger partial charge < -0.3 is 4.74 Å². The monoisotopic (exact) mass is 169 g/mol. The van der Waals surface area contributed by atoms with Crippen LogP contribution < -0.4 is 4.74 Å². The van der Waals surface area contributed by atoms with Crippen molar-refractivity contribution in [3.05, 3.63) is 36.2 Å². The smallest absolute Gasteiger partial charge is 0.148 e. The Labute approximate surface area is 78.7 Å². The van der Waals surface area contributed by atoms with Gasteiger partial charge in [-0.3, -0.25) is 0 Å². The summed E-state index contributed by atoms with van der Waals surface area (Å²) in [5.41, 5.74) is 1.55. The molecule has 1 nitrogen and oxygen atoms in total. The standard InChI is InChI=1S/C12H9O/c1-4-8-13-12-7-6-11(5-2)9-10(12)3/h1-2,6-7,9H,3,8H2. The average molecular weight is 169 g/mol. The molecule has 0 bridgehead atoms.